The van der Waals surface area contributed by atoms with E-state index in [1.807, 2.05) is 0 Å². The van der Waals surface area contributed by atoms with Crippen LogP contribution in [0.2, 0.25) is 110 Å². The topological polar surface area (TPSA) is 0 Å². The van der Waals surface area contributed by atoms with Crippen molar-refractivity contribution in [3.05, 3.63) is 0 Å². The Morgan fingerprint density at radius 2 is 0.224 bits per heavy atom. The number of hydrogen-bond donors (Lipinski definition) is 0. The Balaban J connectivity index is 13.1. The fourth-order valence-electron chi connectivity index (χ4n) is 25.3. The molecular weight excluding hydrogens is 941 g/mol. The standard InChI is InChI=1S/3C20H45Si2.Cr/c3*1-14(2)21(15(3)4,16(5)6)20(13)22(17(7)8,18(9)10)19(11)12;/h3*14-19H,1-13H3;. The van der Waals surface area contributed by atoms with Gasteiger partial charge in [0.2, 0.25) is 0 Å². The zero-order valence-corrected chi connectivity index (χ0v) is 61.6. The second-order valence-corrected chi connectivity index (χ2v) is 77.6. The molecule has 0 aromatic rings. The first kappa shape index (κ1) is 68.8. The molecule has 0 aromatic heterocycles. The molecular formula is C60H135CrSi6. The molecule has 0 unspecified atom stereocenters. The predicted octanol–water partition coefficient (Wildman–Crippen LogP) is 24.4. The molecule has 0 radical (unpaired) electrons. The molecule has 0 N–H and O–H groups in total. The van der Waals surface area contributed by atoms with Crippen LogP contribution >= 0.6 is 0 Å². The second kappa shape index (κ2) is 23.8. The van der Waals surface area contributed by atoms with E-state index in [2.05, 4.69) is 270 Å². The zero-order chi connectivity index (χ0) is 54.5. The summed E-state index contributed by atoms with van der Waals surface area (Å²) >= 11 is -2.02. The average molecular weight is 1080 g/mol. The van der Waals surface area contributed by atoms with Crippen molar-refractivity contribution < 1.29 is 14.1 Å². The molecule has 0 bridgehead atoms. The summed E-state index contributed by atoms with van der Waals surface area (Å²) in [5, 5.41) is 0. The van der Waals surface area contributed by atoms with E-state index in [0.29, 0.717) is 110 Å². The molecule has 0 aliphatic rings. The monoisotopic (exact) mass is 1080 g/mol. The minimum atomic E-state index is -2.41. The molecule has 7 heteroatoms. The van der Waals surface area contributed by atoms with Gasteiger partial charge in [0.25, 0.3) is 0 Å². The van der Waals surface area contributed by atoms with Gasteiger partial charge >= 0.3 is 443 Å². The van der Waals surface area contributed by atoms with Crippen molar-refractivity contribution in [2.45, 2.75) is 380 Å². The fraction of sp³-hybridized carbons (Fsp3) is 1.00. The van der Waals surface area contributed by atoms with Gasteiger partial charge in [0.15, 0.2) is 0 Å². The third kappa shape index (κ3) is 8.89. The summed E-state index contributed by atoms with van der Waals surface area (Å²) in [7, 11) is -14.5. The van der Waals surface area contributed by atoms with Gasteiger partial charge in [-0.15, -0.1) is 0 Å². The Kier molecular flexibility index (Phi) is 24.5. The first-order valence-electron chi connectivity index (χ1n) is 29.6. The summed E-state index contributed by atoms with van der Waals surface area (Å²) in [6.07, 6.45) is 0. The number of hydrogen-bond acceptors (Lipinski definition) is 0. The average Bonchev–Trinajstić information content (AvgIpc) is 3.06. The van der Waals surface area contributed by atoms with Gasteiger partial charge in [-0.1, -0.05) is 0 Å². The summed E-state index contributed by atoms with van der Waals surface area (Å²) < 4.78 is 0.995. The molecule has 0 rings (SSSR count). The van der Waals surface area contributed by atoms with Gasteiger partial charge in [0.1, 0.15) is 0 Å². The third-order valence-corrected chi connectivity index (χ3v) is 94.3. The Bertz CT molecular complexity index is 1090. The molecule has 0 atom stereocenters. The van der Waals surface area contributed by atoms with Crippen molar-refractivity contribution >= 4 is 48.4 Å². The quantitative estimate of drug-likeness (QED) is 0.0719. The van der Waals surface area contributed by atoms with Gasteiger partial charge < -0.3 is 0 Å². The van der Waals surface area contributed by atoms with Crippen LogP contribution < -0.4 is 0 Å². The minimum absolute atomic E-state index is 0.332. The SMILES string of the molecule is CC(C)[Si](C(C)C)(C(C)C)[C](C)([Cr]([C](C)([Si](C(C)C)(C(C)C)C(C)C)[Si](C(C)C)(C(C)C)C(C)C)[C](C)([Si](C(C)C)(C(C)C)C(C)C)[Si](C(C)C)(C(C)C)C(C)C)[Si](C(C)C)(C(C)C)C(C)C. The number of rotatable bonds is 27. The predicted molar refractivity (Wildman–Crippen MR) is 331 cm³/mol. The van der Waals surface area contributed by atoms with E-state index in [4.69, 9.17) is 0 Å². The van der Waals surface area contributed by atoms with E-state index < -0.39 is 62.6 Å². The molecule has 0 fully saturated rings. The van der Waals surface area contributed by atoms with E-state index in [1.165, 1.54) is 0 Å². The van der Waals surface area contributed by atoms with E-state index in [1.54, 1.807) is 0 Å². The first-order chi connectivity index (χ1) is 29.8. The van der Waals surface area contributed by atoms with Crippen molar-refractivity contribution in [2.75, 3.05) is 0 Å². The first-order valence-corrected chi connectivity index (χ1v) is 44.9. The second-order valence-electron chi connectivity index (χ2n) is 29.8. The molecule has 67 heavy (non-hydrogen) atoms. The molecule has 0 heterocycles. The van der Waals surface area contributed by atoms with Gasteiger partial charge in [-0.25, -0.2) is 0 Å². The van der Waals surface area contributed by atoms with Crippen LogP contribution in [-0.2, 0) is 14.1 Å². The molecule has 405 valence electrons. The van der Waals surface area contributed by atoms with Gasteiger partial charge in [0, 0.05) is 0 Å². The Morgan fingerprint density at radius 1 is 0.164 bits per heavy atom. The van der Waals surface area contributed by atoms with Crippen LogP contribution in [0.5, 0.6) is 0 Å². The Labute approximate surface area is 439 Å². The van der Waals surface area contributed by atoms with E-state index in [9.17, 15) is 0 Å². The maximum absolute atomic E-state index is 3.38. The van der Waals surface area contributed by atoms with Crippen molar-refractivity contribution in [1.29, 1.82) is 0 Å². The third-order valence-electron chi connectivity index (χ3n) is 23.4. The molecule has 0 nitrogen and oxygen atoms in total. The van der Waals surface area contributed by atoms with Crippen molar-refractivity contribution in [1.82, 2.24) is 0 Å². The van der Waals surface area contributed by atoms with Crippen molar-refractivity contribution in [3.63, 3.8) is 0 Å². The van der Waals surface area contributed by atoms with Crippen LogP contribution in [0.1, 0.15) is 270 Å². The molecule has 0 spiro atoms. The molecule has 0 aromatic carbocycles. The Morgan fingerprint density at radius 3 is 0.269 bits per heavy atom. The van der Waals surface area contributed by atoms with Gasteiger partial charge in [0.05, 0.1) is 0 Å². The van der Waals surface area contributed by atoms with E-state index >= 15 is 0 Å². The molecule has 0 aliphatic heterocycles. The van der Waals surface area contributed by atoms with Crippen LogP contribution in [0.15, 0.2) is 0 Å². The summed E-state index contributed by atoms with van der Waals surface area (Å²) in [4.78, 5) is 0. The molecule has 0 aliphatic carbocycles. The van der Waals surface area contributed by atoms with Gasteiger partial charge in [-0.3, -0.25) is 0 Å². The van der Waals surface area contributed by atoms with Crippen LogP contribution in [0, 0.1) is 0 Å². The van der Waals surface area contributed by atoms with Crippen molar-refractivity contribution in [3.8, 4) is 0 Å². The fourth-order valence-corrected chi connectivity index (χ4v) is 145. The van der Waals surface area contributed by atoms with Crippen LogP contribution in [-0.4, -0.2) is 48.4 Å². The summed E-state index contributed by atoms with van der Waals surface area (Å²) in [6, 6.07) is 0. The van der Waals surface area contributed by atoms with Gasteiger partial charge in [-0.2, -0.15) is 0 Å². The zero-order valence-electron chi connectivity index (χ0n) is 54.3. The van der Waals surface area contributed by atoms with Crippen LogP contribution in [0.3, 0.4) is 0 Å². The maximum atomic E-state index is 3.38. The van der Waals surface area contributed by atoms with E-state index in [0.717, 1.165) is 0 Å². The van der Waals surface area contributed by atoms with E-state index in [-0.39, 0.29) is 0 Å². The summed E-state index contributed by atoms with van der Waals surface area (Å²) in [5.74, 6) is 0. The Hall–Kier alpha value is 1.83. The summed E-state index contributed by atoms with van der Waals surface area (Å²) in [6.45, 7) is 113. The normalized spacial score (nSPS) is 15.9. The molecule has 0 saturated carbocycles. The summed E-state index contributed by atoms with van der Waals surface area (Å²) in [5.41, 5.74) is 12.8. The van der Waals surface area contributed by atoms with Crippen molar-refractivity contribution in [2.24, 2.45) is 0 Å². The molecule has 0 amide bonds. The van der Waals surface area contributed by atoms with Crippen LogP contribution in [0.4, 0.5) is 0 Å². The van der Waals surface area contributed by atoms with Gasteiger partial charge in [-0.05, 0) is 0 Å². The van der Waals surface area contributed by atoms with Crippen LogP contribution in [0.25, 0.3) is 0 Å². The molecule has 0 saturated heterocycles.